The molecule has 1 saturated carbocycles. The number of nitrogens with two attached hydrogens (primary N) is 1. The van der Waals surface area contributed by atoms with Gasteiger partial charge in [0.2, 0.25) is 5.91 Å². The first-order valence-corrected chi connectivity index (χ1v) is 4.64. The molecule has 1 fully saturated rings. The Balaban J connectivity index is 2.38. The van der Waals surface area contributed by atoms with E-state index in [1.54, 1.807) is 0 Å². The molecule has 0 bridgehead atoms. The highest BCUT2D eigenvalue weighted by Gasteiger charge is 2.30. The van der Waals surface area contributed by atoms with Crippen molar-refractivity contribution in [3.05, 3.63) is 0 Å². The quantitative estimate of drug-likeness (QED) is 0.634. The summed E-state index contributed by atoms with van der Waals surface area (Å²) < 4.78 is 0. The Kier molecular flexibility index (Phi) is 3.09. The summed E-state index contributed by atoms with van der Waals surface area (Å²) in [5, 5.41) is 2.94. The van der Waals surface area contributed by atoms with Crippen molar-refractivity contribution in [3.8, 4) is 0 Å². The largest absolute Gasteiger partial charge is 0.352 e. The minimum absolute atomic E-state index is 0.0269. The fourth-order valence-electron chi connectivity index (χ4n) is 1.83. The maximum absolute atomic E-state index is 11.0. The molecule has 3 nitrogen and oxygen atoms in total. The molecule has 0 spiro atoms. The van der Waals surface area contributed by atoms with Gasteiger partial charge in [0.15, 0.2) is 0 Å². The smallest absolute Gasteiger partial charge is 0.233 e. The Labute approximate surface area is 73.7 Å². The van der Waals surface area contributed by atoms with Gasteiger partial charge in [-0.05, 0) is 24.7 Å². The third kappa shape index (κ3) is 1.97. The minimum atomic E-state index is -0.0269. The first-order valence-electron chi connectivity index (χ1n) is 4.64. The molecule has 70 valence electrons. The van der Waals surface area contributed by atoms with Gasteiger partial charge in [0.1, 0.15) is 0 Å². The van der Waals surface area contributed by atoms with Gasteiger partial charge in [-0.3, -0.25) is 4.79 Å². The predicted molar refractivity (Wildman–Crippen MR) is 48.5 cm³/mol. The monoisotopic (exact) mass is 170 g/mol. The SMILES string of the molecule is CC1CCC(NC(=O)CN)C1C. The van der Waals surface area contributed by atoms with E-state index >= 15 is 0 Å². The third-order valence-corrected chi connectivity index (χ3v) is 3.00. The summed E-state index contributed by atoms with van der Waals surface area (Å²) in [5.41, 5.74) is 5.22. The second-order valence-electron chi connectivity index (χ2n) is 3.79. The van der Waals surface area contributed by atoms with E-state index in [1.165, 1.54) is 6.42 Å². The summed E-state index contributed by atoms with van der Waals surface area (Å²) in [7, 11) is 0. The summed E-state index contributed by atoms with van der Waals surface area (Å²) in [5.74, 6) is 1.30. The van der Waals surface area contributed by atoms with Gasteiger partial charge in [-0.25, -0.2) is 0 Å². The third-order valence-electron chi connectivity index (χ3n) is 3.00. The van der Waals surface area contributed by atoms with Crippen LogP contribution in [0.5, 0.6) is 0 Å². The highest BCUT2D eigenvalue weighted by Crippen LogP contribution is 2.30. The second kappa shape index (κ2) is 3.90. The molecule has 3 heteroatoms. The normalized spacial score (nSPS) is 35.1. The zero-order valence-electron chi connectivity index (χ0n) is 7.84. The van der Waals surface area contributed by atoms with Gasteiger partial charge < -0.3 is 11.1 Å². The average molecular weight is 170 g/mol. The highest BCUT2D eigenvalue weighted by atomic mass is 16.1. The van der Waals surface area contributed by atoms with E-state index in [0.717, 1.165) is 12.3 Å². The summed E-state index contributed by atoms with van der Waals surface area (Å²) in [6, 6.07) is 0.357. The van der Waals surface area contributed by atoms with Gasteiger partial charge in [0, 0.05) is 6.04 Å². The van der Waals surface area contributed by atoms with E-state index in [2.05, 4.69) is 19.2 Å². The second-order valence-corrected chi connectivity index (χ2v) is 3.79. The Morgan fingerprint density at radius 1 is 1.50 bits per heavy atom. The first-order chi connectivity index (χ1) is 5.65. The van der Waals surface area contributed by atoms with Crippen molar-refractivity contribution in [2.45, 2.75) is 32.7 Å². The van der Waals surface area contributed by atoms with E-state index in [4.69, 9.17) is 5.73 Å². The van der Waals surface area contributed by atoms with E-state index in [0.29, 0.717) is 12.0 Å². The van der Waals surface area contributed by atoms with Crippen molar-refractivity contribution in [3.63, 3.8) is 0 Å². The molecule has 0 saturated heterocycles. The minimum Gasteiger partial charge on any atom is -0.352 e. The Morgan fingerprint density at radius 2 is 2.17 bits per heavy atom. The lowest BCUT2D eigenvalue weighted by Gasteiger charge is -2.18. The van der Waals surface area contributed by atoms with E-state index in [9.17, 15) is 4.79 Å². The molecule has 12 heavy (non-hydrogen) atoms. The van der Waals surface area contributed by atoms with E-state index in [-0.39, 0.29) is 12.5 Å². The van der Waals surface area contributed by atoms with Crippen LogP contribution in [0.3, 0.4) is 0 Å². The molecule has 0 aliphatic heterocycles. The zero-order chi connectivity index (χ0) is 9.14. The van der Waals surface area contributed by atoms with Crippen LogP contribution in [0.25, 0.3) is 0 Å². The molecule has 0 aromatic heterocycles. The molecule has 0 aromatic rings. The van der Waals surface area contributed by atoms with Crippen LogP contribution < -0.4 is 11.1 Å². The Bertz CT molecular complexity index is 170. The lowest BCUT2D eigenvalue weighted by Crippen LogP contribution is -2.40. The average Bonchev–Trinajstić information content (AvgIpc) is 2.36. The standard InChI is InChI=1S/C9H18N2O/c1-6-3-4-8(7(6)2)11-9(12)5-10/h6-8H,3-5,10H2,1-2H3,(H,11,12). The topological polar surface area (TPSA) is 55.1 Å². The van der Waals surface area contributed by atoms with Crippen molar-refractivity contribution in [1.82, 2.24) is 5.32 Å². The molecule has 3 atom stereocenters. The molecule has 1 aliphatic rings. The van der Waals surface area contributed by atoms with Crippen LogP contribution in [0.15, 0.2) is 0 Å². The van der Waals surface area contributed by atoms with Crippen LogP contribution in [0.4, 0.5) is 0 Å². The lowest BCUT2D eigenvalue weighted by molar-refractivity contribution is -0.120. The maximum atomic E-state index is 11.0. The first kappa shape index (κ1) is 9.52. The van der Waals surface area contributed by atoms with Crippen LogP contribution in [0.1, 0.15) is 26.7 Å². The van der Waals surface area contributed by atoms with Crippen LogP contribution in [-0.4, -0.2) is 18.5 Å². The molecule has 1 rings (SSSR count). The Morgan fingerprint density at radius 3 is 2.58 bits per heavy atom. The van der Waals surface area contributed by atoms with Gasteiger partial charge in [-0.1, -0.05) is 13.8 Å². The molecule has 1 amide bonds. The molecule has 0 aromatic carbocycles. The zero-order valence-corrected chi connectivity index (χ0v) is 7.84. The van der Waals surface area contributed by atoms with Crippen LogP contribution >= 0.6 is 0 Å². The van der Waals surface area contributed by atoms with Gasteiger partial charge in [-0.15, -0.1) is 0 Å². The van der Waals surface area contributed by atoms with Crippen molar-refractivity contribution in [2.75, 3.05) is 6.54 Å². The molecule has 3 unspecified atom stereocenters. The van der Waals surface area contributed by atoms with Crippen molar-refractivity contribution in [1.29, 1.82) is 0 Å². The van der Waals surface area contributed by atoms with Crippen molar-refractivity contribution in [2.24, 2.45) is 17.6 Å². The number of carbonyl (C=O) groups is 1. The van der Waals surface area contributed by atoms with Crippen molar-refractivity contribution < 1.29 is 4.79 Å². The van der Waals surface area contributed by atoms with Crippen LogP contribution in [0.2, 0.25) is 0 Å². The van der Waals surface area contributed by atoms with Gasteiger partial charge in [0.05, 0.1) is 6.54 Å². The van der Waals surface area contributed by atoms with Crippen LogP contribution in [0, 0.1) is 11.8 Å². The molecule has 0 radical (unpaired) electrons. The molecule has 1 aliphatic carbocycles. The van der Waals surface area contributed by atoms with E-state index < -0.39 is 0 Å². The fourth-order valence-corrected chi connectivity index (χ4v) is 1.83. The van der Waals surface area contributed by atoms with Gasteiger partial charge in [-0.2, -0.15) is 0 Å². The number of amides is 1. The highest BCUT2D eigenvalue weighted by molar-refractivity contribution is 5.78. The predicted octanol–water partition coefficient (Wildman–Crippen LogP) is 0.496. The van der Waals surface area contributed by atoms with E-state index in [1.807, 2.05) is 0 Å². The van der Waals surface area contributed by atoms with Gasteiger partial charge in [0.25, 0.3) is 0 Å². The number of hydrogen-bond donors (Lipinski definition) is 2. The number of nitrogens with one attached hydrogen (secondary N) is 1. The fraction of sp³-hybridized carbons (Fsp3) is 0.889. The molecule has 0 heterocycles. The summed E-state index contributed by atoms with van der Waals surface area (Å²) in [4.78, 5) is 11.0. The maximum Gasteiger partial charge on any atom is 0.233 e. The number of carbonyl (C=O) groups excluding carboxylic acids is 1. The summed E-state index contributed by atoms with van der Waals surface area (Å²) in [6.45, 7) is 4.54. The number of rotatable bonds is 2. The van der Waals surface area contributed by atoms with Crippen molar-refractivity contribution >= 4 is 5.91 Å². The summed E-state index contributed by atoms with van der Waals surface area (Å²) >= 11 is 0. The lowest BCUT2D eigenvalue weighted by atomic mass is 9.98. The molecular formula is C9H18N2O. The summed E-state index contributed by atoms with van der Waals surface area (Å²) in [6.07, 6.45) is 2.32. The molecular weight excluding hydrogens is 152 g/mol. The van der Waals surface area contributed by atoms with Gasteiger partial charge >= 0.3 is 0 Å². The van der Waals surface area contributed by atoms with Crippen LogP contribution in [-0.2, 0) is 4.79 Å². The molecule has 3 N–H and O–H groups in total. The number of hydrogen-bond acceptors (Lipinski definition) is 2. The Hall–Kier alpha value is -0.570.